The van der Waals surface area contributed by atoms with Crippen molar-refractivity contribution in [2.24, 2.45) is 0 Å². The van der Waals surface area contributed by atoms with Crippen molar-refractivity contribution in [1.29, 1.82) is 0 Å². The van der Waals surface area contributed by atoms with Crippen molar-refractivity contribution in [1.82, 2.24) is 15.5 Å². The van der Waals surface area contributed by atoms with Crippen LogP contribution in [0.15, 0.2) is 18.2 Å². The zero-order chi connectivity index (χ0) is 24.2. The number of anilines is 1. The number of ether oxygens (including phenoxy) is 1. The van der Waals surface area contributed by atoms with Crippen molar-refractivity contribution in [3.8, 4) is 0 Å². The number of alkyl carbamates (subject to hydrolysis) is 1. The molecule has 0 aromatic heterocycles. The standard InChI is InChI=1S/C23H30N4O6/c1-23(2,3)33-22(32)24-12-5-4-9-18(28)25-16-8-6-7-14-15(16)13-27(21(14)31)17-10-11-19(29)26-20(17)30/h6-8,17H,4-5,9-13H2,1-3H3,(H,24,32)(H,25,28)(H,26,29,30). The molecule has 1 unspecified atom stereocenters. The summed E-state index contributed by atoms with van der Waals surface area (Å²) in [5, 5.41) is 7.78. The van der Waals surface area contributed by atoms with E-state index in [1.807, 2.05) is 0 Å². The molecule has 5 amide bonds. The Morgan fingerprint density at radius 1 is 1.18 bits per heavy atom. The van der Waals surface area contributed by atoms with Crippen molar-refractivity contribution < 1.29 is 28.7 Å². The van der Waals surface area contributed by atoms with E-state index in [0.29, 0.717) is 36.2 Å². The SMILES string of the molecule is CC(C)(C)OC(=O)NCCCCC(=O)Nc1cccc2c1CN(C1CCC(=O)NC1=O)C2=O. The maximum Gasteiger partial charge on any atom is 0.407 e. The zero-order valence-corrected chi connectivity index (χ0v) is 19.2. The summed E-state index contributed by atoms with van der Waals surface area (Å²) in [5.74, 6) is -1.30. The van der Waals surface area contributed by atoms with Gasteiger partial charge in [0.25, 0.3) is 5.91 Å². The van der Waals surface area contributed by atoms with Gasteiger partial charge in [0.05, 0.1) is 0 Å². The van der Waals surface area contributed by atoms with Crippen LogP contribution in [0.5, 0.6) is 0 Å². The maximum atomic E-state index is 12.9. The Labute approximate surface area is 192 Å². The van der Waals surface area contributed by atoms with E-state index in [0.717, 1.165) is 0 Å². The molecule has 2 heterocycles. The van der Waals surface area contributed by atoms with E-state index >= 15 is 0 Å². The lowest BCUT2D eigenvalue weighted by Gasteiger charge is -2.29. The number of hydrogen-bond acceptors (Lipinski definition) is 6. The number of nitrogens with one attached hydrogen (secondary N) is 3. The van der Waals surface area contributed by atoms with E-state index in [1.54, 1.807) is 39.0 Å². The number of nitrogens with zero attached hydrogens (tertiary/aromatic N) is 1. The Bertz CT molecular complexity index is 968. The van der Waals surface area contributed by atoms with Gasteiger partial charge in [0, 0.05) is 42.7 Å². The van der Waals surface area contributed by atoms with Gasteiger partial charge in [0.2, 0.25) is 17.7 Å². The quantitative estimate of drug-likeness (QED) is 0.423. The average molecular weight is 459 g/mol. The highest BCUT2D eigenvalue weighted by Gasteiger charge is 2.39. The first-order valence-electron chi connectivity index (χ1n) is 11.1. The molecule has 0 aliphatic carbocycles. The molecule has 178 valence electrons. The predicted molar refractivity (Wildman–Crippen MR) is 119 cm³/mol. The number of unbranched alkanes of at least 4 members (excludes halogenated alkanes) is 1. The summed E-state index contributed by atoms with van der Waals surface area (Å²) in [6, 6.07) is 4.37. The van der Waals surface area contributed by atoms with Crippen LogP contribution in [0.1, 0.15) is 68.8 Å². The first kappa shape index (κ1) is 24.2. The van der Waals surface area contributed by atoms with Gasteiger partial charge in [-0.1, -0.05) is 6.07 Å². The Hall–Kier alpha value is -3.43. The van der Waals surface area contributed by atoms with Crippen molar-refractivity contribution >= 4 is 35.4 Å². The van der Waals surface area contributed by atoms with E-state index in [1.165, 1.54) is 4.90 Å². The Morgan fingerprint density at radius 2 is 1.94 bits per heavy atom. The molecule has 2 aliphatic rings. The summed E-state index contributed by atoms with van der Waals surface area (Å²) in [4.78, 5) is 62.0. The molecule has 1 fully saturated rings. The highest BCUT2D eigenvalue weighted by atomic mass is 16.6. The molecule has 0 spiro atoms. The molecule has 0 radical (unpaired) electrons. The van der Waals surface area contributed by atoms with Gasteiger partial charge in [-0.25, -0.2) is 4.79 Å². The van der Waals surface area contributed by atoms with Crippen LogP contribution in [0.4, 0.5) is 10.5 Å². The fourth-order valence-electron chi connectivity index (χ4n) is 3.83. The fourth-order valence-corrected chi connectivity index (χ4v) is 3.83. The lowest BCUT2D eigenvalue weighted by Crippen LogP contribution is -2.52. The molecule has 3 N–H and O–H groups in total. The summed E-state index contributed by atoms with van der Waals surface area (Å²) in [6.45, 7) is 5.95. The minimum atomic E-state index is -0.705. The highest BCUT2D eigenvalue weighted by Crippen LogP contribution is 2.32. The molecular formula is C23H30N4O6. The van der Waals surface area contributed by atoms with Crippen molar-refractivity contribution in [2.75, 3.05) is 11.9 Å². The van der Waals surface area contributed by atoms with Crippen molar-refractivity contribution in [2.45, 2.75) is 71.1 Å². The molecule has 10 nitrogen and oxygen atoms in total. The number of rotatable bonds is 7. The molecule has 2 aliphatic heterocycles. The van der Waals surface area contributed by atoms with Crippen LogP contribution < -0.4 is 16.0 Å². The number of imide groups is 1. The van der Waals surface area contributed by atoms with Crippen molar-refractivity contribution in [3.63, 3.8) is 0 Å². The smallest absolute Gasteiger partial charge is 0.407 e. The van der Waals surface area contributed by atoms with Crippen LogP contribution in [-0.2, 0) is 25.7 Å². The van der Waals surface area contributed by atoms with Gasteiger partial charge in [-0.05, 0) is 52.2 Å². The second kappa shape index (κ2) is 10.0. The average Bonchev–Trinajstić information content (AvgIpc) is 3.04. The van der Waals surface area contributed by atoms with Gasteiger partial charge in [0.1, 0.15) is 11.6 Å². The third kappa shape index (κ3) is 6.30. The third-order valence-electron chi connectivity index (χ3n) is 5.36. The lowest BCUT2D eigenvalue weighted by atomic mass is 10.0. The summed E-state index contributed by atoms with van der Waals surface area (Å²) in [6.07, 6.45) is 1.41. The number of benzene rings is 1. The highest BCUT2D eigenvalue weighted by molar-refractivity contribution is 6.06. The molecule has 1 aromatic rings. The van der Waals surface area contributed by atoms with E-state index < -0.39 is 23.6 Å². The van der Waals surface area contributed by atoms with Crippen LogP contribution in [0.3, 0.4) is 0 Å². The molecule has 0 saturated carbocycles. The van der Waals surface area contributed by atoms with Gasteiger partial charge >= 0.3 is 6.09 Å². The number of hydrogen-bond donors (Lipinski definition) is 3. The van der Waals surface area contributed by atoms with Crippen LogP contribution in [0, 0.1) is 0 Å². The maximum absolute atomic E-state index is 12.9. The Kier molecular flexibility index (Phi) is 7.35. The van der Waals surface area contributed by atoms with E-state index in [-0.39, 0.29) is 43.5 Å². The predicted octanol–water partition coefficient (Wildman–Crippen LogP) is 2.08. The normalized spacial score (nSPS) is 18.0. The van der Waals surface area contributed by atoms with E-state index in [9.17, 15) is 24.0 Å². The van der Waals surface area contributed by atoms with Gasteiger partial charge < -0.3 is 20.3 Å². The summed E-state index contributed by atoms with van der Waals surface area (Å²) in [5.41, 5.74) is 1.08. The molecule has 0 bridgehead atoms. The van der Waals surface area contributed by atoms with Crippen LogP contribution in [-0.4, -0.2) is 52.8 Å². The molecule has 1 aromatic carbocycles. The zero-order valence-electron chi connectivity index (χ0n) is 19.2. The van der Waals surface area contributed by atoms with E-state index in [4.69, 9.17) is 4.74 Å². The molecule has 10 heteroatoms. The lowest BCUT2D eigenvalue weighted by molar-refractivity contribution is -0.137. The summed E-state index contributed by atoms with van der Waals surface area (Å²) in [7, 11) is 0. The number of piperidine rings is 1. The second-order valence-corrected chi connectivity index (χ2v) is 9.17. The van der Waals surface area contributed by atoms with Crippen LogP contribution in [0.2, 0.25) is 0 Å². The third-order valence-corrected chi connectivity index (χ3v) is 5.36. The van der Waals surface area contributed by atoms with Gasteiger partial charge in [-0.3, -0.25) is 24.5 Å². The Morgan fingerprint density at radius 3 is 2.64 bits per heavy atom. The van der Waals surface area contributed by atoms with Crippen molar-refractivity contribution in [3.05, 3.63) is 29.3 Å². The first-order chi connectivity index (χ1) is 15.5. The molecule has 1 atom stereocenters. The summed E-state index contributed by atoms with van der Waals surface area (Å²) >= 11 is 0. The fraction of sp³-hybridized carbons (Fsp3) is 0.522. The second-order valence-electron chi connectivity index (χ2n) is 9.17. The number of fused-ring (bicyclic) bond motifs is 1. The monoisotopic (exact) mass is 458 g/mol. The minimum Gasteiger partial charge on any atom is -0.444 e. The molecule has 1 saturated heterocycles. The van der Waals surface area contributed by atoms with Crippen LogP contribution >= 0.6 is 0 Å². The van der Waals surface area contributed by atoms with E-state index in [2.05, 4.69) is 16.0 Å². The Balaban J connectivity index is 1.50. The first-order valence-corrected chi connectivity index (χ1v) is 11.1. The number of carbonyl (C=O) groups is 5. The topological polar surface area (TPSA) is 134 Å². The van der Waals surface area contributed by atoms with Gasteiger partial charge in [0.15, 0.2) is 0 Å². The van der Waals surface area contributed by atoms with Gasteiger partial charge in [-0.2, -0.15) is 0 Å². The summed E-state index contributed by atoms with van der Waals surface area (Å²) < 4.78 is 5.16. The largest absolute Gasteiger partial charge is 0.444 e. The number of carbonyl (C=O) groups excluding carboxylic acids is 5. The van der Waals surface area contributed by atoms with Crippen LogP contribution in [0.25, 0.3) is 0 Å². The molecule has 33 heavy (non-hydrogen) atoms. The molecular weight excluding hydrogens is 428 g/mol. The van der Waals surface area contributed by atoms with Gasteiger partial charge in [-0.15, -0.1) is 0 Å². The number of amides is 5. The molecule has 3 rings (SSSR count). The minimum absolute atomic E-state index is 0.183.